The summed E-state index contributed by atoms with van der Waals surface area (Å²) >= 11 is 0. The van der Waals surface area contributed by atoms with Gasteiger partial charge in [-0.05, 0) is 6.07 Å². The number of para-hydroxylation sites is 1. The number of amides is 1. The lowest BCUT2D eigenvalue weighted by Crippen LogP contribution is -2.25. The number of hydrogen-bond acceptors (Lipinski definition) is 3. The van der Waals surface area contributed by atoms with E-state index in [0.717, 1.165) is 10.9 Å². The molecule has 5 nitrogen and oxygen atoms in total. The molecule has 1 amide bonds. The van der Waals surface area contributed by atoms with E-state index in [4.69, 9.17) is 9.57 Å². The van der Waals surface area contributed by atoms with Crippen molar-refractivity contribution in [3.63, 3.8) is 0 Å². The summed E-state index contributed by atoms with van der Waals surface area (Å²) in [5.41, 5.74) is 3.87. The summed E-state index contributed by atoms with van der Waals surface area (Å²) in [6.07, 6.45) is 1.67. The molecule has 0 bridgehead atoms. The number of rotatable bonds is 5. The molecule has 90 valence electrons. The van der Waals surface area contributed by atoms with Crippen LogP contribution < -0.4 is 5.48 Å². The van der Waals surface area contributed by atoms with Crippen molar-refractivity contribution < 1.29 is 14.4 Å². The van der Waals surface area contributed by atoms with Crippen LogP contribution in [0.2, 0.25) is 0 Å². The van der Waals surface area contributed by atoms with E-state index in [9.17, 15) is 4.79 Å². The Kier molecular flexibility index (Phi) is 3.74. The average Bonchev–Trinajstić information content (AvgIpc) is 2.78. The molecule has 1 aromatic heterocycles. The maximum atomic E-state index is 11.8. The molecule has 0 saturated carbocycles. The van der Waals surface area contributed by atoms with Crippen LogP contribution in [0.3, 0.4) is 0 Å². The second kappa shape index (κ2) is 5.47. The fourth-order valence-electron chi connectivity index (χ4n) is 1.56. The first-order chi connectivity index (χ1) is 8.33. The van der Waals surface area contributed by atoms with Crippen molar-refractivity contribution in [3.8, 4) is 0 Å². The third-order valence-electron chi connectivity index (χ3n) is 2.39. The molecule has 5 heteroatoms. The zero-order valence-corrected chi connectivity index (χ0v) is 9.53. The second-order valence-corrected chi connectivity index (χ2v) is 3.52. The predicted octanol–water partition coefficient (Wildman–Crippen LogP) is 1.48. The first-order valence-electron chi connectivity index (χ1n) is 5.30. The Morgan fingerprint density at radius 2 is 2.18 bits per heavy atom. The highest BCUT2D eigenvalue weighted by atomic mass is 16.7. The molecule has 1 heterocycles. The fraction of sp³-hybridized carbons (Fsp3) is 0.250. The number of carbonyl (C=O) groups is 1. The SMILES string of the molecule is COCCONC(=O)c1c[nH]c2ccccc12. The largest absolute Gasteiger partial charge is 0.382 e. The molecule has 0 aliphatic heterocycles. The van der Waals surface area contributed by atoms with Crippen LogP contribution in [0.25, 0.3) is 10.9 Å². The highest BCUT2D eigenvalue weighted by molar-refractivity contribution is 6.06. The summed E-state index contributed by atoms with van der Waals surface area (Å²) < 4.78 is 4.80. The van der Waals surface area contributed by atoms with E-state index in [0.29, 0.717) is 18.8 Å². The Labute approximate surface area is 98.7 Å². The Bertz CT molecular complexity index is 507. The van der Waals surface area contributed by atoms with Crippen LogP contribution in [0.5, 0.6) is 0 Å². The van der Waals surface area contributed by atoms with E-state index in [1.807, 2.05) is 24.3 Å². The molecule has 17 heavy (non-hydrogen) atoms. The third-order valence-corrected chi connectivity index (χ3v) is 2.39. The Morgan fingerprint density at radius 1 is 1.35 bits per heavy atom. The van der Waals surface area contributed by atoms with Gasteiger partial charge < -0.3 is 9.72 Å². The smallest absolute Gasteiger partial charge is 0.277 e. The van der Waals surface area contributed by atoms with E-state index in [2.05, 4.69) is 10.5 Å². The van der Waals surface area contributed by atoms with Gasteiger partial charge in [-0.1, -0.05) is 18.2 Å². The Hall–Kier alpha value is -1.85. The highest BCUT2D eigenvalue weighted by Gasteiger charge is 2.10. The normalized spacial score (nSPS) is 10.6. The Morgan fingerprint density at radius 3 is 3.00 bits per heavy atom. The molecule has 2 rings (SSSR count). The van der Waals surface area contributed by atoms with Gasteiger partial charge in [0.15, 0.2) is 0 Å². The van der Waals surface area contributed by atoms with Gasteiger partial charge in [0.25, 0.3) is 5.91 Å². The number of benzene rings is 1. The van der Waals surface area contributed by atoms with Crippen molar-refractivity contribution in [1.82, 2.24) is 10.5 Å². The van der Waals surface area contributed by atoms with Gasteiger partial charge in [0, 0.05) is 24.2 Å². The van der Waals surface area contributed by atoms with Crippen LogP contribution in [0.4, 0.5) is 0 Å². The van der Waals surface area contributed by atoms with E-state index in [1.54, 1.807) is 13.3 Å². The van der Waals surface area contributed by atoms with Gasteiger partial charge in [-0.25, -0.2) is 5.48 Å². The number of ether oxygens (including phenoxy) is 1. The Balaban J connectivity index is 2.04. The van der Waals surface area contributed by atoms with Gasteiger partial charge in [0.2, 0.25) is 0 Å². The number of hydroxylamine groups is 1. The molecule has 0 fully saturated rings. The van der Waals surface area contributed by atoms with E-state index >= 15 is 0 Å². The number of aromatic amines is 1. The molecule has 0 atom stereocenters. The minimum atomic E-state index is -0.265. The summed E-state index contributed by atoms with van der Waals surface area (Å²) in [4.78, 5) is 19.8. The zero-order valence-electron chi connectivity index (χ0n) is 9.53. The monoisotopic (exact) mass is 234 g/mol. The molecular weight excluding hydrogens is 220 g/mol. The molecule has 2 N–H and O–H groups in total. The van der Waals surface area contributed by atoms with Crippen molar-refractivity contribution >= 4 is 16.8 Å². The quantitative estimate of drug-likeness (QED) is 0.608. The summed E-state index contributed by atoms with van der Waals surface area (Å²) in [5.74, 6) is -0.265. The van der Waals surface area contributed by atoms with Crippen LogP contribution in [0.15, 0.2) is 30.5 Å². The highest BCUT2D eigenvalue weighted by Crippen LogP contribution is 2.17. The van der Waals surface area contributed by atoms with Gasteiger partial charge in [0.05, 0.1) is 18.8 Å². The topological polar surface area (TPSA) is 63.4 Å². The molecule has 0 radical (unpaired) electrons. The molecular formula is C12H14N2O3. The summed E-state index contributed by atoms with van der Waals surface area (Å²) in [5, 5.41) is 0.875. The summed E-state index contributed by atoms with van der Waals surface area (Å²) in [7, 11) is 1.57. The van der Waals surface area contributed by atoms with Crippen molar-refractivity contribution in [2.75, 3.05) is 20.3 Å². The number of fused-ring (bicyclic) bond motifs is 1. The van der Waals surface area contributed by atoms with Crippen molar-refractivity contribution in [3.05, 3.63) is 36.0 Å². The third kappa shape index (κ3) is 2.64. The number of nitrogens with one attached hydrogen (secondary N) is 2. The number of carbonyl (C=O) groups excluding carboxylic acids is 1. The van der Waals surface area contributed by atoms with Crippen LogP contribution in [0, 0.1) is 0 Å². The number of aromatic nitrogens is 1. The van der Waals surface area contributed by atoms with Gasteiger partial charge in [-0.15, -0.1) is 0 Å². The van der Waals surface area contributed by atoms with Gasteiger partial charge in [0.1, 0.15) is 0 Å². The lowest BCUT2D eigenvalue weighted by atomic mass is 10.2. The maximum Gasteiger partial charge on any atom is 0.277 e. The minimum Gasteiger partial charge on any atom is -0.382 e. The van der Waals surface area contributed by atoms with Gasteiger partial charge >= 0.3 is 0 Å². The lowest BCUT2D eigenvalue weighted by molar-refractivity contribution is 0.00899. The standard InChI is InChI=1S/C12H14N2O3/c1-16-6-7-17-14-12(15)10-8-13-11-5-3-2-4-9(10)11/h2-5,8,13H,6-7H2,1H3,(H,14,15). The molecule has 0 saturated heterocycles. The number of methoxy groups -OCH3 is 1. The van der Waals surface area contributed by atoms with E-state index in [1.165, 1.54) is 0 Å². The number of hydrogen-bond donors (Lipinski definition) is 2. The van der Waals surface area contributed by atoms with Gasteiger partial charge in [-0.3, -0.25) is 9.63 Å². The zero-order chi connectivity index (χ0) is 12.1. The molecule has 1 aromatic carbocycles. The molecule has 0 aliphatic rings. The maximum absolute atomic E-state index is 11.8. The minimum absolute atomic E-state index is 0.265. The molecule has 0 unspecified atom stereocenters. The second-order valence-electron chi connectivity index (χ2n) is 3.52. The van der Waals surface area contributed by atoms with Crippen LogP contribution in [-0.4, -0.2) is 31.2 Å². The van der Waals surface area contributed by atoms with E-state index in [-0.39, 0.29) is 5.91 Å². The van der Waals surface area contributed by atoms with Crippen molar-refractivity contribution in [2.45, 2.75) is 0 Å². The van der Waals surface area contributed by atoms with Crippen LogP contribution in [-0.2, 0) is 9.57 Å². The van der Waals surface area contributed by atoms with Crippen molar-refractivity contribution in [1.29, 1.82) is 0 Å². The lowest BCUT2D eigenvalue weighted by Gasteiger charge is -2.04. The summed E-state index contributed by atoms with van der Waals surface area (Å²) in [6.45, 7) is 0.763. The molecule has 2 aromatic rings. The molecule has 0 spiro atoms. The number of H-pyrrole nitrogens is 1. The van der Waals surface area contributed by atoms with Crippen molar-refractivity contribution in [2.24, 2.45) is 0 Å². The predicted molar refractivity (Wildman–Crippen MR) is 63.6 cm³/mol. The molecule has 0 aliphatic carbocycles. The first-order valence-corrected chi connectivity index (χ1v) is 5.30. The van der Waals surface area contributed by atoms with E-state index < -0.39 is 0 Å². The average molecular weight is 234 g/mol. The first kappa shape index (κ1) is 11.6. The fourth-order valence-corrected chi connectivity index (χ4v) is 1.56. The van der Waals surface area contributed by atoms with Crippen LogP contribution in [0.1, 0.15) is 10.4 Å². The summed E-state index contributed by atoms with van der Waals surface area (Å²) in [6, 6.07) is 7.60. The van der Waals surface area contributed by atoms with Gasteiger partial charge in [-0.2, -0.15) is 0 Å². The van der Waals surface area contributed by atoms with Crippen LogP contribution >= 0.6 is 0 Å².